The fourth-order valence-corrected chi connectivity index (χ4v) is 3.31. The number of ether oxygens (including phenoxy) is 2. The largest absolute Gasteiger partial charge is 0.493 e. The molecule has 0 aliphatic rings. The molecule has 7 heteroatoms. The molecule has 26 heavy (non-hydrogen) atoms. The second-order valence-corrected chi connectivity index (χ2v) is 6.46. The Balaban J connectivity index is 1.97. The van der Waals surface area contributed by atoms with Gasteiger partial charge in [-0.1, -0.05) is 12.1 Å². The van der Waals surface area contributed by atoms with Gasteiger partial charge in [0.05, 0.1) is 13.7 Å². The molecule has 136 valence electrons. The lowest BCUT2D eigenvalue weighted by molar-refractivity contribution is 0.0676. The number of fused-ring (bicyclic) bond motifs is 1. The first-order valence-corrected chi connectivity index (χ1v) is 8.98. The van der Waals surface area contributed by atoms with Crippen molar-refractivity contribution in [3.63, 3.8) is 0 Å². The Labute approximate surface area is 154 Å². The molecule has 0 saturated carbocycles. The van der Waals surface area contributed by atoms with Gasteiger partial charge >= 0.3 is 5.63 Å². The molecule has 2 aromatic heterocycles. The minimum absolute atomic E-state index is 0.00270. The fourth-order valence-electron chi connectivity index (χ4n) is 2.65. The van der Waals surface area contributed by atoms with Crippen LogP contribution in [-0.4, -0.2) is 38.2 Å². The summed E-state index contributed by atoms with van der Waals surface area (Å²) in [5, 5.41) is 4.56. The maximum Gasteiger partial charge on any atom is 0.349 e. The molecule has 6 nitrogen and oxygen atoms in total. The lowest BCUT2D eigenvalue weighted by Crippen LogP contribution is -2.35. The third kappa shape index (κ3) is 3.79. The fraction of sp³-hybridized carbons (Fsp3) is 0.263. The number of para-hydroxylation sites is 1. The van der Waals surface area contributed by atoms with Gasteiger partial charge in [0.1, 0.15) is 5.56 Å². The van der Waals surface area contributed by atoms with Crippen LogP contribution in [0.25, 0.3) is 11.0 Å². The first-order valence-electron chi connectivity index (χ1n) is 8.04. The van der Waals surface area contributed by atoms with E-state index in [0.29, 0.717) is 36.4 Å². The van der Waals surface area contributed by atoms with Gasteiger partial charge in [-0.2, -0.15) is 11.3 Å². The van der Waals surface area contributed by atoms with Crippen molar-refractivity contribution in [1.29, 1.82) is 0 Å². The van der Waals surface area contributed by atoms with Crippen LogP contribution >= 0.6 is 11.3 Å². The van der Waals surface area contributed by atoms with Gasteiger partial charge in [0.2, 0.25) is 0 Å². The summed E-state index contributed by atoms with van der Waals surface area (Å²) < 4.78 is 15.7. The number of carbonyl (C=O) groups excluding carboxylic acids is 1. The number of thiophene rings is 1. The van der Waals surface area contributed by atoms with Crippen molar-refractivity contribution in [3.8, 4) is 5.75 Å². The Hall–Kier alpha value is -2.64. The summed E-state index contributed by atoms with van der Waals surface area (Å²) in [7, 11) is 3.07. The lowest BCUT2D eigenvalue weighted by atomic mass is 10.1. The molecule has 1 aromatic carbocycles. The Morgan fingerprint density at radius 3 is 2.81 bits per heavy atom. The van der Waals surface area contributed by atoms with E-state index in [-0.39, 0.29) is 11.5 Å². The molecule has 0 atom stereocenters. The van der Waals surface area contributed by atoms with Gasteiger partial charge in [0.15, 0.2) is 11.3 Å². The number of amides is 1. The zero-order valence-electron chi connectivity index (χ0n) is 14.6. The first-order chi connectivity index (χ1) is 12.6. The number of rotatable bonds is 7. The second-order valence-electron chi connectivity index (χ2n) is 5.68. The topological polar surface area (TPSA) is 69.0 Å². The Bertz CT molecular complexity index is 948. The monoisotopic (exact) mass is 373 g/mol. The zero-order valence-corrected chi connectivity index (χ0v) is 15.4. The van der Waals surface area contributed by atoms with Gasteiger partial charge in [-0.15, -0.1) is 0 Å². The normalized spacial score (nSPS) is 10.8. The van der Waals surface area contributed by atoms with E-state index in [2.05, 4.69) is 0 Å². The lowest BCUT2D eigenvalue weighted by Gasteiger charge is -2.21. The molecule has 3 aromatic rings. The van der Waals surface area contributed by atoms with Gasteiger partial charge in [-0.05, 0) is 34.5 Å². The van der Waals surface area contributed by atoms with E-state index < -0.39 is 5.63 Å². The average Bonchev–Trinajstić information content (AvgIpc) is 3.16. The highest BCUT2D eigenvalue weighted by Crippen LogP contribution is 2.25. The molecular formula is C19H19NO5S. The summed E-state index contributed by atoms with van der Waals surface area (Å²) in [5.41, 5.74) is 0.654. The molecule has 0 unspecified atom stereocenters. The van der Waals surface area contributed by atoms with E-state index >= 15 is 0 Å². The maximum absolute atomic E-state index is 13.0. The minimum atomic E-state index is -0.681. The molecule has 0 radical (unpaired) electrons. The summed E-state index contributed by atoms with van der Waals surface area (Å²) in [6.07, 6.45) is 0. The summed E-state index contributed by atoms with van der Waals surface area (Å²) in [4.78, 5) is 27.0. The van der Waals surface area contributed by atoms with E-state index in [0.717, 1.165) is 5.56 Å². The SMILES string of the molecule is COCCN(Cc1ccsc1)C(=O)c1cc2cccc(OC)c2oc1=O. The molecule has 3 rings (SSSR count). The van der Waals surface area contributed by atoms with Crippen LogP contribution in [0.1, 0.15) is 15.9 Å². The van der Waals surface area contributed by atoms with E-state index in [1.165, 1.54) is 7.11 Å². The van der Waals surface area contributed by atoms with Crippen LogP contribution < -0.4 is 10.4 Å². The number of hydrogen-bond donors (Lipinski definition) is 0. The minimum Gasteiger partial charge on any atom is -0.493 e. The molecular weight excluding hydrogens is 354 g/mol. The van der Waals surface area contributed by atoms with E-state index in [1.54, 1.807) is 47.6 Å². The molecule has 0 aliphatic heterocycles. The van der Waals surface area contributed by atoms with Crippen molar-refractivity contribution < 1.29 is 18.7 Å². The van der Waals surface area contributed by atoms with E-state index in [4.69, 9.17) is 13.9 Å². The van der Waals surface area contributed by atoms with Gasteiger partial charge < -0.3 is 18.8 Å². The molecule has 0 bridgehead atoms. The number of hydrogen-bond acceptors (Lipinski definition) is 6. The van der Waals surface area contributed by atoms with Crippen molar-refractivity contribution >= 4 is 28.2 Å². The molecule has 0 aliphatic carbocycles. The van der Waals surface area contributed by atoms with Crippen LogP contribution in [0, 0.1) is 0 Å². The van der Waals surface area contributed by atoms with Gasteiger partial charge in [0, 0.05) is 25.6 Å². The highest BCUT2D eigenvalue weighted by molar-refractivity contribution is 7.07. The van der Waals surface area contributed by atoms with Crippen molar-refractivity contribution in [2.45, 2.75) is 6.54 Å². The number of methoxy groups -OCH3 is 2. The summed E-state index contributed by atoms with van der Waals surface area (Å²) >= 11 is 1.56. The van der Waals surface area contributed by atoms with Crippen LogP contribution in [0.4, 0.5) is 0 Å². The van der Waals surface area contributed by atoms with Crippen molar-refractivity contribution in [1.82, 2.24) is 4.90 Å². The first kappa shape index (κ1) is 18.2. The van der Waals surface area contributed by atoms with Crippen LogP contribution in [0.3, 0.4) is 0 Å². The predicted octanol–water partition coefficient (Wildman–Crippen LogP) is 3.15. The Morgan fingerprint density at radius 2 is 2.12 bits per heavy atom. The standard InChI is InChI=1S/C19H19NO5S/c1-23-8-7-20(11-13-6-9-26-12-13)18(21)15-10-14-4-3-5-16(24-2)17(14)25-19(15)22/h3-6,9-10,12H,7-8,11H2,1-2H3. The third-order valence-corrected chi connectivity index (χ3v) is 4.71. The smallest absolute Gasteiger partial charge is 0.349 e. The van der Waals surface area contributed by atoms with Crippen LogP contribution in [0.5, 0.6) is 5.75 Å². The number of nitrogens with zero attached hydrogens (tertiary/aromatic N) is 1. The average molecular weight is 373 g/mol. The Kier molecular flexibility index (Phi) is 5.70. The highest BCUT2D eigenvalue weighted by atomic mass is 32.1. The van der Waals surface area contributed by atoms with Gasteiger partial charge in [0.25, 0.3) is 5.91 Å². The van der Waals surface area contributed by atoms with Crippen LogP contribution in [0.2, 0.25) is 0 Å². The Morgan fingerprint density at radius 1 is 1.27 bits per heavy atom. The van der Waals surface area contributed by atoms with Crippen molar-refractivity contribution in [2.24, 2.45) is 0 Å². The van der Waals surface area contributed by atoms with Crippen LogP contribution in [0.15, 0.2) is 50.3 Å². The summed E-state index contributed by atoms with van der Waals surface area (Å²) in [5.74, 6) is 0.0693. The molecule has 1 amide bonds. The van der Waals surface area contributed by atoms with Gasteiger partial charge in [-0.3, -0.25) is 4.79 Å². The van der Waals surface area contributed by atoms with E-state index in [9.17, 15) is 9.59 Å². The molecule has 0 N–H and O–H groups in total. The molecule has 0 spiro atoms. The molecule has 0 fully saturated rings. The number of carbonyl (C=O) groups is 1. The van der Waals surface area contributed by atoms with E-state index in [1.807, 2.05) is 16.8 Å². The highest BCUT2D eigenvalue weighted by Gasteiger charge is 2.21. The van der Waals surface area contributed by atoms with Crippen molar-refractivity contribution in [2.75, 3.05) is 27.4 Å². The number of benzene rings is 1. The second kappa shape index (κ2) is 8.16. The third-order valence-electron chi connectivity index (χ3n) is 3.98. The predicted molar refractivity (Wildman–Crippen MR) is 100.0 cm³/mol. The maximum atomic E-state index is 13.0. The summed E-state index contributed by atoms with van der Waals surface area (Å²) in [6.45, 7) is 1.16. The quantitative estimate of drug-likeness (QED) is 0.595. The van der Waals surface area contributed by atoms with Gasteiger partial charge in [-0.25, -0.2) is 4.79 Å². The van der Waals surface area contributed by atoms with Crippen LogP contribution in [-0.2, 0) is 11.3 Å². The zero-order chi connectivity index (χ0) is 18.5. The van der Waals surface area contributed by atoms with Crippen molar-refractivity contribution in [3.05, 3.63) is 62.6 Å². The molecule has 2 heterocycles. The summed E-state index contributed by atoms with van der Waals surface area (Å²) in [6, 6.07) is 8.76. The molecule has 0 saturated heterocycles.